The van der Waals surface area contributed by atoms with Crippen LogP contribution < -0.4 is 10.6 Å². The highest BCUT2D eigenvalue weighted by Gasteiger charge is 2.19. The van der Waals surface area contributed by atoms with E-state index in [1.165, 1.54) is 0 Å². The highest BCUT2D eigenvalue weighted by Crippen LogP contribution is 2.26. The molecule has 0 radical (unpaired) electrons. The van der Waals surface area contributed by atoms with E-state index in [2.05, 4.69) is 12.7 Å². The maximum atomic E-state index is 12.0. The molecule has 0 atom stereocenters. The van der Waals surface area contributed by atoms with E-state index in [1.54, 1.807) is 4.90 Å². The first-order valence-corrected chi connectivity index (χ1v) is 8.36. The van der Waals surface area contributed by atoms with Gasteiger partial charge in [0.1, 0.15) is 18.5 Å². The molecule has 5 nitrogen and oxygen atoms in total. The summed E-state index contributed by atoms with van der Waals surface area (Å²) in [7, 11) is 0. The Balaban J connectivity index is 0.000000841. The van der Waals surface area contributed by atoms with E-state index < -0.39 is 5.91 Å². The maximum absolute atomic E-state index is 12.0. The summed E-state index contributed by atoms with van der Waals surface area (Å²) in [4.78, 5) is 23.0. The first kappa shape index (κ1) is 21.7. The molecular weight excluding hydrogens is 339 g/mol. The third-order valence-electron chi connectivity index (χ3n) is 2.94. The molecule has 0 saturated heterocycles. The van der Waals surface area contributed by atoms with Crippen molar-refractivity contribution >= 4 is 40.7 Å². The molecule has 0 aromatic heterocycles. The van der Waals surface area contributed by atoms with E-state index in [4.69, 9.17) is 27.9 Å². The summed E-state index contributed by atoms with van der Waals surface area (Å²) < 4.78 is 5.37. The number of carbonyl (C=O) groups is 2. The fourth-order valence-corrected chi connectivity index (χ4v) is 2.05. The average molecular weight is 363 g/mol. The van der Waals surface area contributed by atoms with Crippen LogP contribution in [0.15, 0.2) is 18.2 Å². The monoisotopic (exact) mass is 362 g/mol. The summed E-state index contributed by atoms with van der Waals surface area (Å²) in [6.45, 7) is 6.79. The summed E-state index contributed by atoms with van der Waals surface area (Å²) in [6, 6.07) is 6.03. The lowest BCUT2D eigenvalue weighted by molar-refractivity contribution is -0.117. The Bertz CT molecular complexity index is 510. The smallest absolute Gasteiger partial charge is 0.243 e. The zero-order valence-corrected chi connectivity index (χ0v) is 15.3. The number of alkyl halides is 2. The van der Waals surface area contributed by atoms with Crippen molar-refractivity contribution in [3.05, 3.63) is 29.3 Å². The van der Waals surface area contributed by atoms with Crippen molar-refractivity contribution in [3.8, 4) is 0 Å². The number of nitrogens with zero attached hydrogens (tertiary/aromatic N) is 1. The molecule has 2 N–H and O–H groups in total. The highest BCUT2D eigenvalue weighted by atomic mass is 35.5. The quantitative estimate of drug-likeness (QED) is 0.598. The van der Waals surface area contributed by atoms with Gasteiger partial charge in [0.15, 0.2) is 0 Å². The molecule has 0 aliphatic carbocycles. The van der Waals surface area contributed by atoms with Crippen molar-refractivity contribution in [2.75, 3.05) is 30.0 Å². The van der Waals surface area contributed by atoms with Gasteiger partial charge < -0.3 is 10.5 Å². The van der Waals surface area contributed by atoms with Gasteiger partial charge in [-0.25, -0.2) is 0 Å². The number of nitrogens with two attached hydrogens (primary N) is 1. The van der Waals surface area contributed by atoms with Crippen molar-refractivity contribution in [3.63, 3.8) is 0 Å². The highest BCUT2D eigenvalue weighted by molar-refractivity contribution is 6.29. The molecule has 2 amide bonds. The molecule has 0 heterocycles. The van der Waals surface area contributed by atoms with E-state index in [0.29, 0.717) is 6.61 Å². The lowest BCUT2D eigenvalue weighted by Gasteiger charge is -2.25. The van der Waals surface area contributed by atoms with Crippen LogP contribution in [0.2, 0.25) is 0 Å². The van der Waals surface area contributed by atoms with E-state index in [0.717, 1.165) is 23.2 Å². The second-order valence-electron chi connectivity index (χ2n) is 4.61. The number of carbonyl (C=O) groups excluding carboxylic acids is 2. The Morgan fingerprint density at radius 2 is 1.83 bits per heavy atom. The second-order valence-corrected chi connectivity index (χ2v) is 5.15. The first-order valence-electron chi connectivity index (χ1n) is 7.29. The molecule has 0 saturated carbocycles. The molecule has 0 spiro atoms. The van der Waals surface area contributed by atoms with Crippen LogP contribution in [0, 0.1) is 6.92 Å². The molecule has 23 heavy (non-hydrogen) atoms. The number of rotatable bonds is 7. The summed E-state index contributed by atoms with van der Waals surface area (Å²) in [6.07, 6.45) is 0.870. The minimum absolute atomic E-state index is 0.0371. The van der Waals surface area contributed by atoms with Gasteiger partial charge >= 0.3 is 0 Å². The Morgan fingerprint density at radius 3 is 2.26 bits per heavy atom. The molecule has 0 bridgehead atoms. The molecule has 130 valence electrons. The molecule has 0 aliphatic heterocycles. The number of hydrogen-bond donors (Lipinski definition) is 1. The zero-order valence-electron chi connectivity index (χ0n) is 13.8. The maximum Gasteiger partial charge on any atom is 0.243 e. The lowest BCUT2D eigenvalue weighted by Crippen LogP contribution is -2.35. The Kier molecular flexibility index (Phi) is 11.5. The average Bonchev–Trinajstić information content (AvgIpc) is 2.56. The number of primary amides is 1. The third-order valence-corrected chi connectivity index (χ3v) is 3.44. The molecule has 1 rings (SSSR count). The van der Waals surface area contributed by atoms with Crippen LogP contribution in [0.1, 0.15) is 25.0 Å². The van der Waals surface area contributed by atoms with Gasteiger partial charge in [-0.15, -0.1) is 23.2 Å². The topological polar surface area (TPSA) is 72.6 Å². The number of hydrogen-bond acceptors (Lipinski definition) is 3. The van der Waals surface area contributed by atoms with Crippen molar-refractivity contribution < 1.29 is 14.3 Å². The van der Waals surface area contributed by atoms with E-state index in [-0.39, 0.29) is 24.4 Å². The van der Waals surface area contributed by atoms with E-state index >= 15 is 0 Å². The number of halogens is 2. The molecule has 0 unspecified atom stereocenters. The summed E-state index contributed by atoms with van der Waals surface area (Å²) in [5.74, 6) is -0.731. The van der Waals surface area contributed by atoms with Crippen LogP contribution in [0.3, 0.4) is 0 Å². The second kappa shape index (κ2) is 12.2. The molecular formula is C16H24Cl2N2O3. The van der Waals surface area contributed by atoms with Crippen LogP contribution in [0.25, 0.3) is 0 Å². The normalized spacial score (nSPS) is 9.78. The lowest BCUT2D eigenvalue weighted by atomic mass is 10.0. The predicted octanol–water partition coefficient (Wildman–Crippen LogP) is 2.83. The number of amides is 2. The Morgan fingerprint density at radius 1 is 1.22 bits per heavy atom. The molecule has 1 aromatic rings. The van der Waals surface area contributed by atoms with Crippen molar-refractivity contribution in [2.24, 2.45) is 5.73 Å². The number of aryl methyl sites for hydroxylation is 2. The Hall–Kier alpha value is -1.30. The largest absolute Gasteiger partial charge is 0.369 e. The van der Waals surface area contributed by atoms with Gasteiger partial charge in [0, 0.05) is 6.61 Å². The van der Waals surface area contributed by atoms with Crippen molar-refractivity contribution in [1.29, 1.82) is 0 Å². The minimum Gasteiger partial charge on any atom is -0.369 e. The van der Waals surface area contributed by atoms with Crippen LogP contribution >= 0.6 is 23.2 Å². The molecule has 7 heteroatoms. The SMILES string of the molecule is CCOCN(C(=O)CCl)c1c(C)cccc1CC.NC(=O)CCl. The van der Waals surface area contributed by atoms with Crippen molar-refractivity contribution in [1.82, 2.24) is 0 Å². The molecule has 0 fully saturated rings. The van der Waals surface area contributed by atoms with Crippen LogP contribution in [-0.4, -0.2) is 36.9 Å². The number of benzene rings is 1. The van der Waals surface area contributed by atoms with Gasteiger partial charge in [0.05, 0.1) is 5.69 Å². The molecule has 0 aliphatic rings. The molecule has 1 aromatic carbocycles. The minimum atomic E-state index is -0.480. The summed E-state index contributed by atoms with van der Waals surface area (Å²) >= 11 is 10.5. The Labute approximate surface area is 147 Å². The standard InChI is InChI=1S/C14H20ClNO2.C2H4ClNO/c1-4-12-8-6-7-11(3)14(12)16(10-18-5-2)13(17)9-15;3-1-2(4)5/h6-8H,4-5,9-10H2,1-3H3;1H2,(H2,4,5). The van der Waals surface area contributed by atoms with Gasteiger partial charge in [0.25, 0.3) is 0 Å². The fraction of sp³-hybridized carbons (Fsp3) is 0.500. The van der Waals surface area contributed by atoms with E-state index in [1.807, 2.05) is 32.0 Å². The van der Waals surface area contributed by atoms with E-state index in [9.17, 15) is 9.59 Å². The first-order chi connectivity index (χ1) is 10.9. The predicted molar refractivity (Wildman–Crippen MR) is 95.2 cm³/mol. The van der Waals surface area contributed by atoms with Crippen molar-refractivity contribution in [2.45, 2.75) is 27.2 Å². The summed E-state index contributed by atoms with van der Waals surface area (Å²) in [5, 5.41) is 0. The number of ether oxygens (including phenoxy) is 1. The third kappa shape index (κ3) is 7.68. The zero-order chi connectivity index (χ0) is 17.8. The van der Waals surface area contributed by atoms with Crippen LogP contribution in [0.5, 0.6) is 0 Å². The van der Waals surface area contributed by atoms with Crippen LogP contribution in [0.4, 0.5) is 5.69 Å². The van der Waals surface area contributed by atoms with Gasteiger partial charge in [-0.3, -0.25) is 14.5 Å². The van der Waals surface area contributed by atoms with Crippen LogP contribution in [-0.2, 0) is 20.7 Å². The fourth-order valence-electron chi connectivity index (χ4n) is 1.91. The number of anilines is 1. The van der Waals surface area contributed by atoms with Gasteiger partial charge in [-0.2, -0.15) is 0 Å². The van der Waals surface area contributed by atoms with Gasteiger partial charge in [-0.1, -0.05) is 25.1 Å². The van der Waals surface area contributed by atoms with Gasteiger partial charge in [0.2, 0.25) is 11.8 Å². The number of para-hydroxylation sites is 1. The summed E-state index contributed by atoms with van der Waals surface area (Å²) in [5.41, 5.74) is 7.65. The van der Waals surface area contributed by atoms with Gasteiger partial charge in [-0.05, 0) is 31.4 Å².